The maximum Gasteiger partial charge on any atom is 0.410 e. The molecule has 5 atom stereocenters. The van der Waals surface area contributed by atoms with Crippen LogP contribution in [0.15, 0.2) is 10.5 Å². The summed E-state index contributed by atoms with van der Waals surface area (Å²) < 4.78 is 52.8. The Bertz CT molecular complexity index is 1260. The third kappa shape index (κ3) is 7.13. The first-order chi connectivity index (χ1) is 19.2. The van der Waals surface area contributed by atoms with Gasteiger partial charge in [0, 0.05) is 38.0 Å². The van der Waals surface area contributed by atoms with Crippen molar-refractivity contribution in [1.29, 1.82) is 0 Å². The summed E-state index contributed by atoms with van der Waals surface area (Å²) in [7, 11) is 3.10. The molecule has 3 saturated heterocycles. The number of benzene rings is 1. The number of hydrogen-bond donors (Lipinski definition) is 0. The first-order valence-electron chi connectivity index (χ1n) is 13.8. The second-order valence-electron chi connectivity index (χ2n) is 12.0. The SMILES string of the molecule is COc1nc(N(C)CC2CC(F)C(C)N2C(=O)OC(C)(C)C)c2cc(Cl)c(Br)c(F)c2n1.FC1CC2CCCN2C1. The number of ether oxygens (including phenoxy) is 2. The van der Waals surface area contributed by atoms with Crippen LogP contribution in [0.3, 0.4) is 0 Å². The molecule has 0 bridgehead atoms. The van der Waals surface area contributed by atoms with Gasteiger partial charge in [-0.15, -0.1) is 0 Å². The zero-order chi connectivity index (χ0) is 30.2. The van der Waals surface area contributed by atoms with Gasteiger partial charge in [0.25, 0.3) is 0 Å². The lowest BCUT2D eigenvalue weighted by Gasteiger charge is -2.33. The number of carbonyl (C=O) groups excluding carboxylic acids is 1. The van der Waals surface area contributed by atoms with Crippen molar-refractivity contribution in [1.82, 2.24) is 19.8 Å². The number of likely N-dealkylation sites (N-methyl/N-ethyl adjacent to an activating group) is 1. The molecule has 3 fully saturated rings. The lowest BCUT2D eigenvalue weighted by Crippen LogP contribution is -2.47. The number of anilines is 1. The predicted molar refractivity (Wildman–Crippen MR) is 157 cm³/mol. The molecule has 5 rings (SSSR count). The van der Waals surface area contributed by atoms with Crippen LogP contribution in [0.25, 0.3) is 10.9 Å². The first kappa shape index (κ1) is 31.9. The number of carbonyl (C=O) groups is 1. The second-order valence-corrected chi connectivity index (χ2v) is 13.2. The number of halogens is 5. The fourth-order valence-corrected chi connectivity index (χ4v) is 6.31. The Morgan fingerprint density at radius 2 is 1.98 bits per heavy atom. The van der Waals surface area contributed by atoms with E-state index in [-0.39, 0.29) is 34.0 Å². The van der Waals surface area contributed by atoms with Crippen LogP contribution in [0.5, 0.6) is 6.01 Å². The van der Waals surface area contributed by atoms with Crippen molar-refractivity contribution in [2.45, 2.75) is 89.4 Å². The van der Waals surface area contributed by atoms with E-state index < -0.39 is 41.9 Å². The summed E-state index contributed by atoms with van der Waals surface area (Å²) in [6.07, 6.45) is 1.19. The van der Waals surface area contributed by atoms with Gasteiger partial charge in [-0.3, -0.25) is 9.80 Å². The van der Waals surface area contributed by atoms with E-state index in [2.05, 4.69) is 30.8 Å². The minimum absolute atomic E-state index is 0.0281. The molecule has 1 aromatic carbocycles. The van der Waals surface area contributed by atoms with Crippen LogP contribution in [0.4, 0.5) is 23.8 Å². The van der Waals surface area contributed by atoms with Crippen LogP contribution in [0.1, 0.15) is 53.4 Å². The van der Waals surface area contributed by atoms with Crippen molar-refractivity contribution in [2.75, 3.05) is 38.7 Å². The van der Waals surface area contributed by atoms with Gasteiger partial charge >= 0.3 is 12.1 Å². The van der Waals surface area contributed by atoms with Crippen molar-refractivity contribution in [2.24, 2.45) is 0 Å². The summed E-state index contributed by atoms with van der Waals surface area (Å²) in [5.74, 6) is -0.296. The number of nitrogens with zero attached hydrogens (tertiary/aromatic N) is 5. The molecule has 0 aliphatic carbocycles. The number of rotatable bonds is 4. The number of methoxy groups -OCH3 is 1. The molecule has 3 aliphatic rings. The number of likely N-dealkylation sites (tertiary alicyclic amines) is 1. The Morgan fingerprint density at radius 1 is 1.27 bits per heavy atom. The van der Waals surface area contributed by atoms with Gasteiger partial charge < -0.3 is 14.4 Å². The van der Waals surface area contributed by atoms with Gasteiger partial charge in [-0.2, -0.15) is 9.97 Å². The average molecular weight is 665 g/mol. The number of fused-ring (bicyclic) bond motifs is 2. The number of hydrogen-bond acceptors (Lipinski definition) is 7. The fraction of sp³-hybridized carbons (Fsp3) is 0.679. The van der Waals surface area contributed by atoms with E-state index in [0.29, 0.717) is 23.8 Å². The Morgan fingerprint density at radius 3 is 2.61 bits per heavy atom. The highest BCUT2D eigenvalue weighted by Gasteiger charge is 2.44. The van der Waals surface area contributed by atoms with Crippen molar-refractivity contribution < 1.29 is 27.4 Å². The molecule has 0 saturated carbocycles. The van der Waals surface area contributed by atoms with E-state index in [1.165, 1.54) is 24.9 Å². The van der Waals surface area contributed by atoms with Crippen molar-refractivity contribution in [3.8, 4) is 6.01 Å². The monoisotopic (exact) mass is 663 g/mol. The van der Waals surface area contributed by atoms with E-state index in [4.69, 9.17) is 21.1 Å². The van der Waals surface area contributed by atoms with Crippen LogP contribution >= 0.6 is 27.5 Å². The number of alkyl halides is 2. The summed E-state index contributed by atoms with van der Waals surface area (Å²) in [5, 5.41) is 0.526. The first-order valence-corrected chi connectivity index (χ1v) is 15.0. The van der Waals surface area contributed by atoms with E-state index in [9.17, 15) is 18.0 Å². The average Bonchev–Trinajstić information content (AvgIpc) is 3.54. The summed E-state index contributed by atoms with van der Waals surface area (Å²) >= 11 is 9.29. The Balaban J connectivity index is 0.000000360. The highest BCUT2D eigenvalue weighted by molar-refractivity contribution is 9.10. The third-order valence-corrected chi connectivity index (χ3v) is 9.03. The molecule has 0 spiro atoms. The van der Waals surface area contributed by atoms with Gasteiger partial charge in [0.1, 0.15) is 29.3 Å². The van der Waals surface area contributed by atoms with E-state index in [1.54, 1.807) is 45.7 Å². The molecule has 0 N–H and O–H groups in total. The van der Waals surface area contributed by atoms with Gasteiger partial charge in [-0.25, -0.2) is 18.0 Å². The van der Waals surface area contributed by atoms with Crippen molar-refractivity contribution in [3.63, 3.8) is 0 Å². The van der Waals surface area contributed by atoms with Gasteiger partial charge in [-0.05, 0) is 75.5 Å². The van der Waals surface area contributed by atoms with E-state index in [0.717, 1.165) is 13.0 Å². The number of aromatic nitrogens is 2. The summed E-state index contributed by atoms with van der Waals surface area (Å²) in [6, 6.07) is 1.02. The quantitative estimate of drug-likeness (QED) is 0.343. The molecule has 2 aromatic rings. The normalized spacial score (nSPS) is 26.1. The standard InChI is InChI=1S/C21H26BrClF2N4O3.C7H12FN/c1-10-14(24)7-11(29(10)20(30)32-21(2,3)4)9-28(5)18-12-8-13(23)15(22)16(25)17(12)26-19(27-18)31-6;8-6-4-7-2-1-3-9(7)5-6/h8,10-11,14H,7,9H2,1-6H3;6-7H,1-5H2. The smallest absolute Gasteiger partial charge is 0.410 e. The van der Waals surface area contributed by atoms with Crippen LogP contribution in [0, 0.1) is 5.82 Å². The van der Waals surface area contributed by atoms with Crippen LogP contribution < -0.4 is 9.64 Å². The molecule has 1 amide bonds. The third-order valence-electron chi connectivity index (χ3n) is 7.73. The highest BCUT2D eigenvalue weighted by atomic mass is 79.9. The maximum atomic E-state index is 14.8. The molecule has 5 unspecified atom stereocenters. The molecular weight excluding hydrogens is 627 g/mol. The van der Waals surface area contributed by atoms with Crippen LogP contribution in [-0.4, -0.2) is 95.7 Å². The van der Waals surface area contributed by atoms with Crippen LogP contribution in [0.2, 0.25) is 5.02 Å². The molecule has 8 nitrogen and oxygen atoms in total. The largest absolute Gasteiger partial charge is 0.467 e. The molecule has 3 aliphatic heterocycles. The lowest BCUT2D eigenvalue weighted by molar-refractivity contribution is 0.0145. The van der Waals surface area contributed by atoms with Crippen molar-refractivity contribution in [3.05, 3.63) is 21.4 Å². The molecule has 13 heteroatoms. The summed E-state index contributed by atoms with van der Waals surface area (Å²) in [6.45, 7) is 9.02. The number of amides is 1. The van der Waals surface area contributed by atoms with E-state index >= 15 is 0 Å². The second kappa shape index (κ2) is 12.7. The molecule has 228 valence electrons. The molecule has 0 radical (unpaired) electrons. The minimum atomic E-state index is -1.19. The summed E-state index contributed by atoms with van der Waals surface area (Å²) in [5.41, 5.74) is -0.679. The van der Waals surface area contributed by atoms with Gasteiger partial charge in [0.2, 0.25) is 0 Å². The molecular formula is C28H38BrClF3N5O3. The zero-order valence-electron chi connectivity index (χ0n) is 24.3. The molecule has 4 heterocycles. The van der Waals surface area contributed by atoms with Gasteiger partial charge in [0.15, 0.2) is 5.82 Å². The Labute approximate surface area is 252 Å². The van der Waals surface area contributed by atoms with Crippen molar-refractivity contribution >= 4 is 50.3 Å². The van der Waals surface area contributed by atoms with Gasteiger partial charge in [0.05, 0.1) is 28.7 Å². The molecule has 1 aromatic heterocycles. The minimum Gasteiger partial charge on any atom is -0.467 e. The Hall–Kier alpha value is -2.05. The highest BCUT2D eigenvalue weighted by Crippen LogP contribution is 2.37. The zero-order valence-corrected chi connectivity index (χ0v) is 26.6. The topological polar surface area (TPSA) is 71.0 Å². The van der Waals surface area contributed by atoms with Crippen LogP contribution in [-0.2, 0) is 4.74 Å². The summed E-state index contributed by atoms with van der Waals surface area (Å²) in [4.78, 5) is 26.7. The lowest BCUT2D eigenvalue weighted by atomic mass is 10.1. The van der Waals surface area contributed by atoms with E-state index in [1.807, 2.05) is 0 Å². The predicted octanol–water partition coefficient (Wildman–Crippen LogP) is 6.56. The van der Waals surface area contributed by atoms with Gasteiger partial charge in [-0.1, -0.05) is 11.6 Å². The fourth-order valence-electron chi connectivity index (χ4n) is 5.82. The maximum absolute atomic E-state index is 14.8. The molecule has 41 heavy (non-hydrogen) atoms. The Kier molecular flexibility index (Phi) is 9.85.